The van der Waals surface area contributed by atoms with Crippen LogP contribution in [0.3, 0.4) is 0 Å². The van der Waals surface area contributed by atoms with Crippen LogP contribution in [0.25, 0.3) is 22.4 Å². The normalized spacial score (nSPS) is 10.7. The van der Waals surface area contributed by atoms with Gasteiger partial charge in [-0.15, -0.1) is 11.3 Å². The van der Waals surface area contributed by atoms with Crippen molar-refractivity contribution in [2.45, 2.75) is 13.3 Å². The van der Waals surface area contributed by atoms with Gasteiger partial charge in [-0.3, -0.25) is 9.78 Å². The van der Waals surface area contributed by atoms with E-state index in [1.807, 2.05) is 48.7 Å². The molecule has 6 heteroatoms. The van der Waals surface area contributed by atoms with Gasteiger partial charge in [0.1, 0.15) is 5.82 Å². The lowest BCUT2D eigenvalue weighted by atomic mass is 10.0. The van der Waals surface area contributed by atoms with Gasteiger partial charge in [-0.25, -0.2) is 9.37 Å². The molecule has 0 aliphatic rings. The standard InChI is InChI=1S/C23H18FN3OS/c1-15-12-19(10-11-25-15)17-4-2-16(3-5-17)13-22(28)27-23-26-21(14-29-23)18-6-8-20(24)9-7-18/h2-12,14H,13H2,1H3,(H,26,27,28). The Morgan fingerprint density at radius 2 is 1.72 bits per heavy atom. The first-order valence-electron chi connectivity index (χ1n) is 9.10. The fourth-order valence-electron chi connectivity index (χ4n) is 2.97. The zero-order chi connectivity index (χ0) is 20.2. The lowest BCUT2D eigenvalue weighted by molar-refractivity contribution is -0.115. The van der Waals surface area contributed by atoms with E-state index in [1.165, 1.54) is 23.5 Å². The summed E-state index contributed by atoms with van der Waals surface area (Å²) in [6.07, 6.45) is 2.06. The van der Waals surface area contributed by atoms with E-state index in [0.717, 1.165) is 27.9 Å². The van der Waals surface area contributed by atoms with Gasteiger partial charge < -0.3 is 5.32 Å². The molecule has 0 aliphatic heterocycles. The Kier molecular flexibility index (Phi) is 5.44. The number of nitrogens with zero attached hydrogens (tertiary/aromatic N) is 2. The molecule has 29 heavy (non-hydrogen) atoms. The first kappa shape index (κ1) is 19.0. The summed E-state index contributed by atoms with van der Waals surface area (Å²) in [5, 5.41) is 5.20. The van der Waals surface area contributed by atoms with E-state index in [-0.39, 0.29) is 18.1 Å². The molecule has 2 heterocycles. The summed E-state index contributed by atoms with van der Waals surface area (Å²) in [5.41, 5.74) is 5.60. The van der Waals surface area contributed by atoms with E-state index in [0.29, 0.717) is 10.8 Å². The maximum absolute atomic E-state index is 13.0. The van der Waals surface area contributed by atoms with E-state index >= 15 is 0 Å². The lowest BCUT2D eigenvalue weighted by Gasteiger charge is -2.05. The number of hydrogen-bond donors (Lipinski definition) is 1. The minimum Gasteiger partial charge on any atom is -0.302 e. The fourth-order valence-corrected chi connectivity index (χ4v) is 3.71. The quantitative estimate of drug-likeness (QED) is 0.479. The van der Waals surface area contributed by atoms with Gasteiger partial charge in [0.25, 0.3) is 0 Å². The van der Waals surface area contributed by atoms with Gasteiger partial charge in [0.15, 0.2) is 5.13 Å². The van der Waals surface area contributed by atoms with Gasteiger partial charge in [0.05, 0.1) is 12.1 Å². The lowest BCUT2D eigenvalue weighted by Crippen LogP contribution is -2.14. The molecule has 4 rings (SSSR count). The van der Waals surface area contributed by atoms with Crippen LogP contribution in [0.1, 0.15) is 11.3 Å². The Labute approximate surface area is 172 Å². The SMILES string of the molecule is Cc1cc(-c2ccc(CC(=O)Nc3nc(-c4ccc(F)cc4)cs3)cc2)ccn1. The summed E-state index contributed by atoms with van der Waals surface area (Å²) >= 11 is 1.35. The summed E-state index contributed by atoms with van der Waals surface area (Å²) in [4.78, 5) is 21.0. The van der Waals surface area contributed by atoms with Crippen molar-refractivity contribution in [3.63, 3.8) is 0 Å². The molecule has 144 valence electrons. The Bertz CT molecular complexity index is 1140. The molecule has 1 N–H and O–H groups in total. The van der Waals surface area contributed by atoms with Gasteiger partial charge in [-0.2, -0.15) is 0 Å². The van der Waals surface area contributed by atoms with Gasteiger partial charge in [-0.05, 0) is 60.0 Å². The van der Waals surface area contributed by atoms with Crippen molar-refractivity contribution in [2.24, 2.45) is 0 Å². The molecule has 0 fully saturated rings. The highest BCUT2D eigenvalue weighted by atomic mass is 32.1. The van der Waals surface area contributed by atoms with Gasteiger partial charge >= 0.3 is 0 Å². The zero-order valence-electron chi connectivity index (χ0n) is 15.7. The molecular weight excluding hydrogens is 385 g/mol. The van der Waals surface area contributed by atoms with Crippen LogP contribution in [-0.4, -0.2) is 15.9 Å². The van der Waals surface area contributed by atoms with E-state index in [9.17, 15) is 9.18 Å². The van der Waals surface area contributed by atoms with E-state index in [4.69, 9.17) is 0 Å². The molecule has 4 aromatic rings. The molecule has 0 radical (unpaired) electrons. The van der Waals surface area contributed by atoms with E-state index in [2.05, 4.69) is 15.3 Å². The van der Waals surface area contributed by atoms with Crippen LogP contribution in [0.15, 0.2) is 72.2 Å². The Balaban J connectivity index is 1.39. The van der Waals surface area contributed by atoms with Crippen molar-refractivity contribution in [3.05, 3.63) is 89.3 Å². The molecule has 2 aromatic heterocycles. The largest absolute Gasteiger partial charge is 0.302 e. The summed E-state index contributed by atoms with van der Waals surface area (Å²) in [6.45, 7) is 1.96. The number of benzene rings is 2. The maximum atomic E-state index is 13.0. The van der Waals surface area contributed by atoms with Crippen LogP contribution in [0.4, 0.5) is 9.52 Å². The number of halogens is 1. The van der Waals surface area contributed by atoms with Gasteiger partial charge in [-0.1, -0.05) is 24.3 Å². The number of amides is 1. The third kappa shape index (κ3) is 4.73. The number of carbonyl (C=O) groups is 1. The number of carbonyl (C=O) groups excluding carboxylic acids is 1. The van der Waals surface area contributed by atoms with Gasteiger partial charge in [0, 0.05) is 22.8 Å². The minimum atomic E-state index is -0.289. The second-order valence-electron chi connectivity index (χ2n) is 6.65. The Morgan fingerprint density at radius 3 is 2.45 bits per heavy atom. The average Bonchev–Trinajstić information content (AvgIpc) is 3.17. The van der Waals surface area contributed by atoms with Crippen molar-refractivity contribution in [1.29, 1.82) is 0 Å². The average molecular weight is 403 g/mol. The Morgan fingerprint density at radius 1 is 1.00 bits per heavy atom. The highest BCUT2D eigenvalue weighted by molar-refractivity contribution is 7.14. The molecule has 0 bridgehead atoms. The number of anilines is 1. The highest BCUT2D eigenvalue weighted by Crippen LogP contribution is 2.25. The minimum absolute atomic E-state index is 0.127. The predicted octanol–water partition coefficient (Wildman–Crippen LogP) is 5.50. The summed E-state index contributed by atoms with van der Waals surface area (Å²) < 4.78 is 13.0. The molecule has 0 saturated heterocycles. The van der Waals surface area contributed by atoms with Crippen molar-refractivity contribution in [1.82, 2.24) is 9.97 Å². The molecule has 0 spiro atoms. The molecular formula is C23H18FN3OS. The number of thiazole rings is 1. The number of hydrogen-bond acceptors (Lipinski definition) is 4. The third-order valence-electron chi connectivity index (χ3n) is 4.44. The van der Waals surface area contributed by atoms with Crippen LogP contribution in [0, 0.1) is 12.7 Å². The van der Waals surface area contributed by atoms with Crippen molar-refractivity contribution < 1.29 is 9.18 Å². The summed E-state index contributed by atoms with van der Waals surface area (Å²) in [6, 6.07) is 18.0. The van der Waals surface area contributed by atoms with E-state index in [1.54, 1.807) is 18.3 Å². The first-order chi connectivity index (χ1) is 14.1. The van der Waals surface area contributed by atoms with Crippen LogP contribution in [0.2, 0.25) is 0 Å². The molecule has 4 nitrogen and oxygen atoms in total. The smallest absolute Gasteiger partial charge is 0.230 e. The van der Waals surface area contributed by atoms with Crippen molar-refractivity contribution in [2.75, 3.05) is 5.32 Å². The predicted molar refractivity (Wildman–Crippen MR) is 114 cm³/mol. The second kappa shape index (κ2) is 8.32. The molecule has 0 saturated carbocycles. The Hall–Kier alpha value is -3.38. The van der Waals surface area contributed by atoms with Crippen LogP contribution < -0.4 is 5.32 Å². The zero-order valence-corrected chi connectivity index (χ0v) is 16.5. The maximum Gasteiger partial charge on any atom is 0.230 e. The third-order valence-corrected chi connectivity index (χ3v) is 5.20. The molecule has 2 aromatic carbocycles. The van der Waals surface area contributed by atoms with Crippen molar-refractivity contribution >= 4 is 22.4 Å². The summed E-state index contributed by atoms with van der Waals surface area (Å²) in [5.74, 6) is -0.417. The molecule has 0 aliphatic carbocycles. The van der Waals surface area contributed by atoms with Crippen LogP contribution in [0.5, 0.6) is 0 Å². The molecule has 1 amide bonds. The topological polar surface area (TPSA) is 54.9 Å². The first-order valence-corrected chi connectivity index (χ1v) is 9.98. The number of rotatable bonds is 5. The fraction of sp³-hybridized carbons (Fsp3) is 0.0870. The number of pyridine rings is 1. The number of nitrogens with one attached hydrogen (secondary N) is 1. The monoisotopic (exact) mass is 403 g/mol. The summed E-state index contributed by atoms with van der Waals surface area (Å²) in [7, 11) is 0. The second-order valence-corrected chi connectivity index (χ2v) is 7.51. The highest BCUT2D eigenvalue weighted by Gasteiger charge is 2.09. The van der Waals surface area contributed by atoms with Gasteiger partial charge in [0.2, 0.25) is 5.91 Å². The van der Waals surface area contributed by atoms with E-state index < -0.39 is 0 Å². The number of aromatic nitrogens is 2. The molecule has 0 atom stereocenters. The van der Waals surface area contributed by atoms with Crippen LogP contribution >= 0.6 is 11.3 Å². The van der Waals surface area contributed by atoms with Crippen LogP contribution in [-0.2, 0) is 11.2 Å². The van der Waals surface area contributed by atoms with Crippen molar-refractivity contribution in [3.8, 4) is 22.4 Å². The molecule has 0 unspecified atom stereocenters. The number of aryl methyl sites for hydroxylation is 1.